The van der Waals surface area contributed by atoms with Crippen molar-refractivity contribution >= 4 is 5.78 Å². The summed E-state index contributed by atoms with van der Waals surface area (Å²) in [6, 6.07) is 16.5. The van der Waals surface area contributed by atoms with Gasteiger partial charge in [0.05, 0.1) is 6.61 Å². The number of carbonyl (C=O) groups is 1. The van der Waals surface area contributed by atoms with E-state index >= 15 is 0 Å². The van der Waals surface area contributed by atoms with Crippen LogP contribution in [0.25, 0.3) is 0 Å². The van der Waals surface area contributed by atoms with Gasteiger partial charge in [-0.25, -0.2) is 0 Å². The summed E-state index contributed by atoms with van der Waals surface area (Å²) in [5.74, 6) is 0.999. The minimum atomic E-state index is 0.102. The van der Waals surface area contributed by atoms with Crippen LogP contribution < -0.4 is 4.74 Å². The van der Waals surface area contributed by atoms with Gasteiger partial charge in [0.15, 0.2) is 5.78 Å². The normalized spacial score (nSPS) is 15.6. The van der Waals surface area contributed by atoms with Crippen molar-refractivity contribution in [2.75, 3.05) is 39.3 Å². The minimum absolute atomic E-state index is 0.102. The Labute approximate surface area is 162 Å². The summed E-state index contributed by atoms with van der Waals surface area (Å²) < 4.78 is 5.77. The van der Waals surface area contributed by atoms with E-state index in [0.717, 1.165) is 62.6 Å². The molecule has 0 saturated carbocycles. The third kappa shape index (κ3) is 5.65. The highest BCUT2D eigenvalue weighted by molar-refractivity contribution is 5.94. The van der Waals surface area contributed by atoms with Gasteiger partial charge in [-0.15, -0.1) is 0 Å². The van der Waals surface area contributed by atoms with Crippen LogP contribution >= 0.6 is 0 Å². The summed E-state index contributed by atoms with van der Waals surface area (Å²) in [6.45, 7) is 10.5. The van der Waals surface area contributed by atoms with E-state index in [1.807, 2.05) is 25.1 Å². The lowest BCUT2D eigenvalue weighted by Crippen LogP contribution is -2.46. The molecule has 0 aliphatic carbocycles. The molecule has 2 aromatic carbocycles. The van der Waals surface area contributed by atoms with Crippen molar-refractivity contribution in [2.45, 2.75) is 26.8 Å². The van der Waals surface area contributed by atoms with Gasteiger partial charge in [-0.1, -0.05) is 30.3 Å². The zero-order valence-electron chi connectivity index (χ0n) is 16.5. The molecule has 3 rings (SSSR count). The van der Waals surface area contributed by atoms with Gasteiger partial charge in [-0.3, -0.25) is 9.69 Å². The molecule has 0 unspecified atom stereocenters. The maximum Gasteiger partial charge on any atom is 0.159 e. The first-order chi connectivity index (χ1) is 13.2. The average molecular weight is 367 g/mol. The number of ketones is 1. The third-order valence-electron chi connectivity index (χ3n) is 5.19. The van der Waals surface area contributed by atoms with Gasteiger partial charge in [-0.05, 0) is 44.0 Å². The number of hydrogen-bond acceptors (Lipinski definition) is 4. The number of nitrogens with zero attached hydrogens (tertiary/aromatic N) is 2. The maximum atomic E-state index is 11.7. The molecule has 1 saturated heterocycles. The van der Waals surface area contributed by atoms with E-state index in [0.29, 0.717) is 6.61 Å². The molecule has 1 heterocycles. The first-order valence-corrected chi connectivity index (χ1v) is 9.91. The quantitative estimate of drug-likeness (QED) is 0.668. The van der Waals surface area contributed by atoms with E-state index in [9.17, 15) is 4.79 Å². The van der Waals surface area contributed by atoms with E-state index < -0.39 is 0 Å². The second-order valence-electron chi connectivity index (χ2n) is 7.17. The van der Waals surface area contributed by atoms with Crippen LogP contribution in [0.15, 0.2) is 48.5 Å². The van der Waals surface area contributed by atoms with Crippen LogP contribution in [-0.2, 0) is 13.0 Å². The van der Waals surface area contributed by atoms with Crippen LogP contribution in [0, 0.1) is 0 Å². The van der Waals surface area contributed by atoms with E-state index in [-0.39, 0.29) is 5.78 Å². The summed E-state index contributed by atoms with van der Waals surface area (Å²) in [5, 5.41) is 0. The maximum absolute atomic E-state index is 11.7. The van der Waals surface area contributed by atoms with Crippen molar-refractivity contribution in [3.63, 3.8) is 0 Å². The molecule has 2 aromatic rings. The summed E-state index contributed by atoms with van der Waals surface area (Å²) in [7, 11) is 0. The molecule has 0 aromatic heterocycles. The molecule has 0 N–H and O–H groups in total. The lowest BCUT2D eigenvalue weighted by molar-refractivity contribution is 0.101. The lowest BCUT2D eigenvalue weighted by Gasteiger charge is -2.35. The Morgan fingerprint density at radius 2 is 1.70 bits per heavy atom. The molecule has 1 aliphatic rings. The summed E-state index contributed by atoms with van der Waals surface area (Å²) in [6.07, 6.45) is 1.11. The second-order valence-corrected chi connectivity index (χ2v) is 7.17. The molecule has 1 fully saturated rings. The molecule has 0 amide bonds. The Kier molecular flexibility index (Phi) is 7.02. The number of carbonyl (C=O) groups excluding carboxylic acids is 1. The first-order valence-electron chi connectivity index (χ1n) is 9.91. The Bertz CT molecular complexity index is 737. The first kappa shape index (κ1) is 19.6. The average Bonchev–Trinajstić information content (AvgIpc) is 2.69. The highest BCUT2D eigenvalue weighted by Gasteiger charge is 2.18. The Morgan fingerprint density at radius 3 is 2.37 bits per heavy atom. The predicted molar refractivity (Wildman–Crippen MR) is 109 cm³/mol. The highest BCUT2D eigenvalue weighted by atomic mass is 16.5. The number of piperazine rings is 1. The number of benzene rings is 2. The van der Waals surface area contributed by atoms with Crippen molar-refractivity contribution in [3.05, 3.63) is 65.2 Å². The van der Waals surface area contributed by atoms with E-state index in [2.05, 4.69) is 40.1 Å². The van der Waals surface area contributed by atoms with E-state index in [4.69, 9.17) is 4.74 Å². The van der Waals surface area contributed by atoms with E-state index in [1.54, 1.807) is 6.92 Å². The van der Waals surface area contributed by atoms with Gasteiger partial charge in [0.2, 0.25) is 0 Å². The van der Waals surface area contributed by atoms with Gasteiger partial charge >= 0.3 is 0 Å². The SMILES string of the molecule is CCOc1ccc(C(C)=O)cc1CN1CCN(CCc2ccccc2)CC1. The zero-order valence-corrected chi connectivity index (χ0v) is 16.5. The number of ether oxygens (including phenoxy) is 1. The molecule has 0 atom stereocenters. The fourth-order valence-electron chi connectivity index (χ4n) is 3.56. The third-order valence-corrected chi connectivity index (χ3v) is 5.19. The Morgan fingerprint density at radius 1 is 1.00 bits per heavy atom. The molecule has 144 valence electrons. The molecule has 4 heteroatoms. The second kappa shape index (κ2) is 9.67. The van der Waals surface area contributed by atoms with E-state index in [1.165, 1.54) is 5.56 Å². The predicted octanol–water partition coefficient (Wildman–Crippen LogP) is 3.65. The van der Waals surface area contributed by atoms with Crippen LogP contribution in [0.3, 0.4) is 0 Å². The van der Waals surface area contributed by atoms with Crippen molar-refractivity contribution in [1.29, 1.82) is 0 Å². The van der Waals surface area contributed by atoms with Crippen molar-refractivity contribution in [1.82, 2.24) is 9.80 Å². The lowest BCUT2D eigenvalue weighted by atomic mass is 10.1. The van der Waals surface area contributed by atoms with Crippen LogP contribution in [0.1, 0.15) is 35.3 Å². The molecule has 4 nitrogen and oxygen atoms in total. The number of hydrogen-bond donors (Lipinski definition) is 0. The van der Waals surface area contributed by atoms with Gasteiger partial charge in [0.25, 0.3) is 0 Å². The highest BCUT2D eigenvalue weighted by Crippen LogP contribution is 2.23. The van der Waals surface area contributed by atoms with Gasteiger partial charge < -0.3 is 9.64 Å². The molecule has 0 spiro atoms. The fraction of sp³-hybridized carbons (Fsp3) is 0.435. The van der Waals surface area contributed by atoms with Crippen LogP contribution in [0.2, 0.25) is 0 Å². The molecule has 1 aliphatic heterocycles. The van der Waals surface area contributed by atoms with Crippen LogP contribution in [0.4, 0.5) is 0 Å². The smallest absolute Gasteiger partial charge is 0.159 e. The molecule has 27 heavy (non-hydrogen) atoms. The summed E-state index contributed by atoms with van der Waals surface area (Å²) >= 11 is 0. The monoisotopic (exact) mass is 366 g/mol. The number of Topliss-reactive ketones (excluding diaryl/α,β-unsaturated/α-hetero) is 1. The van der Waals surface area contributed by atoms with Crippen molar-refractivity contribution < 1.29 is 9.53 Å². The van der Waals surface area contributed by atoms with Crippen molar-refractivity contribution in [2.24, 2.45) is 0 Å². The Hall–Kier alpha value is -2.17. The standard InChI is InChI=1S/C23H30N2O2/c1-3-27-23-10-9-21(19(2)26)17-22(23)18-25-15-13-24(14-16-25)12-11-20-7-5-4-6-8-20/h4-10,17H,3,11-16,18H2,1-2H3. The zero-order chi connectivity index (χ0) is 19.1. The summed E-state index contributed by atoms with van der Waals surface area (Å²) in [4.78, 5) is 16.7. The molecular formula is C23H30N2O2. The largest absolute Gasteiger partial charge is 0.494 e. The molecule has 0 bridgehead atoms. The number of rotatable bonds is 8. The van der Waals surface area contributed by atoms with Gasteiger partial charge in [0, 0.05) is 50.4 Å². The van der Waals surface area contributed by atoms with Crippen molar-refractivity contribution in [3.8, 4) is 5.75 Å². The molecule has 0 radical (unpaired) electrons. The summed E-state index contributed by atoms with van der Waals surface area (Å²) in [5.41, 5.74) is 3.28. The fourth-order valence-corrected chi connectivity index (χ4v) is 3.56. The minimum Gasteiger partial charge on any atom is -0.494 e. The topological polar surface area (TPSA) is 32.8 Å². The van der Waals surface area contributed by atoms with Crippen LogP contribution in [-0.4, -0.2) is 54.9 Å². The van der Waals surface area contributed by atoms with Gasteiger partial charge in [0.1, 0.15) is 5.75 Å². The van der Waals surface area contributed by atoms with Gasteiger partial charge in [-0.2, -0.15) is 0 Å². The Balaban J connectivity index is 1.54. The van der Waals surface area contributed by atoms with Crippen LogP contribution in [0.5, 0.6) is 5.75 Å². The molecular weight excluding hydrogens is 336 g/mol.